The van der Waals surface area contributed by atoms with E-state index in [1.165, 1.54) is 0 Å². The van der Waals surface area contributed by atoms with Crippen LogP contribution in [0.1, 0.15) is 30.1 Å². The number of nitrogens with zero attached hydrogens (tertiary/aromatic N) is 3. The fraction of sp³-hybridized carbons (Fsp3) is 0.462. The summed E-state index contributed by atoms with van der Waals surface area (Å²) in [5, 5.41) is 4.88. The van der Waals surface area contributed by atoms with Gasteiger partial charge in [-0.15, -0.1) is 0 Å². The van der Waals surface area contributed by atoms with Crippen LogP contribution in [0.2, 0.25) is 5.02 Å². The molecule has 2 aliphatic heterocycles. The van der Waals surface area contributed by atoms with Gasteiger partial charge < -0.3 is 24.7 Å². The Bertz CT molecular complexity index is 1200. The normalized spacial score (nSPS) is 17.6. The predicted octanol–water partition coefficient (Wildman–Crippen LogP) is 4.26. The second-order valence-electron chi connectivity index (χ2n) is 9.02. The zero-order chi connectivity index (χ0) is 24.4. The fourth-order valence-corrected chi connectivity index (χ4v) is 5.47. The summed E-state index contributed by atoms with van der Waals surface area (Å²) in [4.78, 5) is 25.5. The second-order valence-corrected chi connectivity index (χ2v) is 9.43. The first-order valence-electron chi connectivity index (χ1n) is 12.3. The number of methoxy groups -OCH3 is 1. The average Bonchev–Trinajstić information content (AvgIpc) is 3.30. The number of anilines is 1. The van der Waals surface area contributed by atoms with E-state index in [0.29, 0.717) is 22.4 Å². The third-order valence-corrected chi connectivity index (χ3v) is 7.36. The molecule has 0 radical (unpaired) electrons. The molecule has 0 spiro atoms. The highest BCUT2D eigenvalue weighted by molar-refractivity contribution is 6.36. The highest BCUT2D eigenvalue weighted by Crippen LogP contribution is 2.41. The highest BCUT2D eigenvalue weighted by Gasteiger charge is 2.29. The number of likely N-dealkylation sites (tertiary alicyclic amines) is 1. The van der Waals surface area contributed by atoms with Gasteiger partial charge in [-0.1, -0.05) is 11.6 Å². The van der Waals surface area contributed by atoms with Gasteiger partial charge in [0, 0.05) is 67.8 Å². The van der Waals surface area contributed by atoms with Crippen LogP contribution < -0.4 is 10.1 Å². The number of aromatic amines is 1. The van der Waals surface area contributed by atoms with Gasteiger partial charge in [-0.2, -0.15) is 0 Å². The Kier molecular flexibility index (Phi) is 7.13. The number of carbonyl (C=O) groups excluding carboxylic acids is 1. The number of morpholine rings is 1. The van der Waals surface area contributed by atoms with Crippen LogP contribution in [0.4, 0.5) is 5.69 Å². The predicted molar refractivity (Wildman–Crippen MR) is 139 cm³/mol. The summed E-state index contributed by atoms with van der Waals surface area (Å²) in [5.74, 6) is 0.676. The van der Waals surface area contributed by atoms with Crippen LogP contribution >= 0.6 is 11.6 Å². The molecule has 2 saturated heterocycles. The van der Waals surface area contributed by atoms with Gasteiger partial charge in [-0.3, -0.25) is 9.69 Å². The number of H-pyrrole nitrogens is 1. The minimum absolute atomic E-state index is 0.0458. The van der Waals surface area contributed by atoms with Crippen molar-refractivity contribution < 1.29 is 14.3 Å². The molecule has 2 fully saturated rings. The van der Waals surface area contributed by atoms with Gasteiger partial charge in [0.1, 0.15) is 11.4 Å². The molecule has 2 aliphatic rings. The maximum atomic E-state index is 13.3. The third kappa shape index (κ3) is 4.70. The molecule has 0 bridgehead atoms. The Hall–Kier alpha value is -2.81. The zero-order valence-electron chi connectivity index (χ0n) is 20.3. The molecule has 1 amide bonds. The van der Waals surface area contributed by atoms with Gasteiger partial charge >= 0.3 is 0 Å². The lowest BCUT2D eigenvalue weighted by atomic mass is 9.99. The van der Waals surface area contributed by atoms with Crippen molar-refractivity contribution in [2.45, 2.75) is 25.8 Å². The lowest BCUT2D eigenvalue weighted by Gasteiger charge is -2.40. The van der Waals surface area contributed by atoms with Gasteiger partial charge in [0.05, 0.1) is 36.4 Å². The summed E-state index contributed by atoms with van der Waals surface area (Å²) in [7, 11) is 1.63. The van der Waals surface area contributed by atoms with E-state index in [4.69, 9.17) is 21.1 Å². The van der Waals surface area contributed by atoms with Crippen LogP contribution in [0.25, 0.3) is 22.2 Å². The standard InChI is InChI=1S/C26H32ClN5O3/c1-3-28-24-20(15-29-25-23(24)21(27)16-30-25)19-5-4-17(14-22(19)34-2)26(33)32-8-6-18(7-9-32)31-10-12-35-13-11-31/h4-5,14-16,18H,3,6-13H2,1-2H3,(H2,28,29,30). The van der Waals surface area contributed by atoms with Gasteiger partial charge in [0.2, 0.25) is 0 Å². The lowest BCUT2D eigenvalue weighted by Crippen LogP contribution is -2.50. The molecule has 2 aromatic heterocycles. The number of carbonyl (C=O) groups is 1. The first-order valence-corrected chi connectivity index (χ1v) is 12.7. The van der Waals surface area contributed by atoms with E-state index in [0.717, 1.165) is 86.6 Å². The largest absolute Gasteiger partial charge is 0.496 e. The zero-order valence-corrected chi connectivity index (χ0v) is 21.0. The van der Waals surface area contributed by atoms with Crippen molar-refractivity contribution in [3.8, 4) is 16.9 Å². The highest BCUT2D eigenvalue weighted by atomic mass is 35.5. The Morgan fingerprint density at radius 3 is 2.71 bits per heavy atom. The van der Waals surface area contributed by atoms with E-state index < -0.39 is 0 Å². The number of aromatic nitrogens is 2. The van der Waals surface area contributed by atoms with Crippen molar-refractivity contribution >= 4 is 34.2 Å². The fourth-order valence-electron chi connectivity index (χ4n) is 5.23. The first-order chi connectivity index (χ1) is 17.1. The van der Waals surface area contributed by atoms with Crippen LogP contribution in [0.3, 0.4) is 0 Å². The molecule has 3 aromatic rings. The summed E-state index contributed by atoms with van der Waals surface area (Å²) < 4.78 is 11.2. The molecule has 0 saturated carbocycles. The minimum atomic E-state index is 0.0458. The first kappa shape index (κ1) is 23.9. The smallest absolute Gasteiger partial charge is 0.253 e. The van der Waals surface area contributed by atoms with Crippen molar-refractivity contribution in [3.05, 3.63) is 41.2 Å². The molecule has 0 unspecified atom stereocenters. The van der Waals surface area contributed by atoms with E-state index in [2.05, 4.69) is 20.2 Å². The van der Waals surface area contributed by atoms with E-state index in [1.807, 2.05) is 36.2 Å². The van der Waals surface area contributed by atoms with E-state index in [-0.39, 0.29) is 5.91 Å². The quantitative estimate of drug-likeness (QED) is 0.529. The molecule has 5 rings (SSSR count). The molecule has 9 heteroatoms. The number of nitrogens with one attached hydrogen (secondary N) is 2. The number of fused-ring (bicyclic) bond motifs is 1. The Labute approximate surface area is 210 Å². The Balaban J connectivity index is 1.38. The summed E-state index contributed by atoms with van der Waals surface area (Å²) in [6.07, 6.45) is 5.54. The molecule has 0 atom stereocenters. The monoisotopic (exact) mass is 497 g/mol. The topological polar surface area (TPSA) is 82.7 Å². The van der Waals surface area contributed by atoms with Gasteiger partial charge in [0.25, 0.3) is 5.91 Å². The van der Waals surface area contributed by atoms with Crippen LogP contribution in [0, 0.1) is 0 Å². The Morgan fingerprint density at radius 2 is 2.00 bits per heavy atom. The van der Waals surface area contributed by atoms with Gasteiger partial charge in [-0.05, 0) is 38.0 Å². The van der Waals surface area contributed by atoms with Crippen molar-refractivity contribution in [3.63, 3.8) is 0 Å². The second kappa shape index (κ2) is 10.4. The number of pyridine rings is 1. The minimum Gasteiger partial charge on any atom is -0.496 e. The maximum Gasteiger partial charge on any atom is 0.253 e. The van der Waals surface area contributed by atoms with Crippen LogP contribution in [0.5, 0.6) is 5.75 Å². The van der Waals surface area contributed by atoms with Crippen LogP contribution in [0.15, 0.2) is 30.6 Å². The number of amides is 1. The average molecular weight is 498 g/mol. The lowest BCUT2D eigenvalue weighted by molar-refractivity contribution is 0.00159. The van der Waals surface area contributed by atoms with E-state index >= 15 is 0 Å². The molecule has 2 N–H and O–H groups in total. The van der Waals surface area contributed by atoms with Crippen molar-refractivity contribution in [1.82, 2.24) is 19.8 Å². The molecule has 35 heavy (non-hydrogen) atoms. The Morgan fingerprint density at radius 1 is 1.23 bits per heavy atom. The number of benzene rings is 1. The summed E-state index contributed by atoms with van der Waals surface area (Å²) in [6.45, 7) is 7.88. The number of piperidine rings is 1. The van der Waals surface area contributed by atoms with Gasteiger partial charge in [0.15, 0.2) is 0 Å². The van der Waals surface area contributed by atoms with Crippen molar-refractivity contribution in [2.24, 2.45) is 0 Å². The third-order valence-electron chi connectivity index (χ3n) is 7.06. The molecule has 4 heterocycles. The molecule has 1 aromatic carbocycles. The van der Waals surface area contributed by atoms with Gasteiger partial charge in [-0.25, -0.2) is 4.98 Å². The summed E-state index contributed by atoms with van der Waals surface area (Å²) in [5.41, 5.74) is 3.99. The van der Waals surface area contributed by atoms with Crippen molar-refractivity contribution in [1.29, 1.82) is 0 Å². The molecular formula is C26H32ClN5O3. The summed E-state index contributed by atoms with van der Waals surface area (Å²) in [6, 6.07) is 6.20. The number of hydrogen-bond donors (Lipinski definition) is 2. The molecule has 186 valence electrons. The maximum absolute atomic E-state index is 13.3. The molecular weight excluding hydrogens is 466 g/mol. The number of hydrogen-bond acceptors (Lipinski definition) is 6. The molecule has 0 aliphatic carbocycles. The van der Waals surface area contributed by atoms with Crippen LogP contribution in [-0.2, 0) is 4.74 Å². The van der Waals surface area contributed by atoms with E-state index in [1.54, 1.807) is 13.3 Å². The van der Waals surface area contributed by atoms with E-state index in [9.17, 15) is 4.79 Å². The number of rotatable bonds is 6. The van der Waals surface area contributed by atoms with Crippen LogP contribution in [-0.4, -0.2) is 84.8 Å². The SMILES string of the molecule is CCNc1c(-c2ccc(C(=O)N3CCC(N4CCOCC4)CC3)cc2OC)cnc2[nH]cc(Cl)c12. The number of ether oxygens (including phenoxy) is 2. The number of halogens is 1. The van der Waals surface area contributed by atoms with Crippen molar-refractivity contribution in [2.75, 3.05) is 58.4 Å². The molecule has 8 nitrogen and oxygen atoms in total. The summed E-state index contributed by atoms with van der Waals surface area (Å²) >= 11 is 6.46.